The lowest BCUT2D eigenvalue weighted by molar-refractivity contribution is 0.102. The molecule has 1 amide bonds. The van der Waals surface area contributed by atoms with Crippen LogP contribution in [0.15, 0.2) is 42.5 Å². The highest BCUT2D eigenvalue weighted by molar-refractivity contribution is 6.33. The number of nitrogens with zero attached hydrogens (tertiary/aromatic N) is 3. The fraction of sp³-hybridized carbons (Fsp3) is 0.143. The molecule has 0 aliphatic rings. The van der Waals surface area contributed by atoms with Crippen LogP contribution in [-0.2, 0) is 0 Å². The standard InChI is InChI=1S/C21H18ClN5O/c1-12-8-13(2)19(16(22)9-12)27-21-24-14(3)10-18(26-21)20(28)25-17-7-5-4-6-15(17)11-23/h4-10H,1-3H3,(H,25,28)(H,24,26,27). The van der Waals surface area contributed by atoms with Gasteiger partial charge in [-0.25, -0.2) is 9.97 Å². The van der Waals surface area contributed by atoms with Crippen LogP contribution in [0.5, 0.6) is 0 Å². The summed E-state index contributed by atoms with van der Waals surface area (Å²) in [4.78, 5) is 21.3. The minimum Gasteiger partial charge on any atom is -0.323 e. The molecule has 0 bridgehead atoms. The maximum Gasteiger partial charge on any atom is 0.274 e. The van der Waals surface area contributed by atoms with Crippen molar-refractivity contribution in [1.82, 2.24) is 9.97 Å². The van der Waals surface area contributed by atoms with Crippen molar-refractivity contribution in [3.05, 3.63) is 75.6 Å². The van der Waals surface area contributed by atoms with Gasteiger partial charge in [0.15, 0.2) is 0 Å². The number of hydrogen-bond acceptors (Lipinski definition) is 5. The molecule has 2 N–H and O–H groups in total. The molecule has 0 atom stereocenters. The van der Waals surface area contributed by atoms with Crippen molar-refractivity contribution in [2.45, 2.75) is 20.8 Å². The summed E-state index contributed by atoms with van der Waals surface area (Å²) in [5, 5.41) is 15.6. The van der Waals surface area contributed by atoms with Gasteiger partial charge in [-0.2, -0.15) is 5.26 Å². The van der Waals surface area contributed by atoms with E-state index in [9.17, 15) is 10.1 Å². The molecule has 0 aliphatic heterocycles. The Kier molecular flexibility index (Phi) is 5.57. The summed E-state index contributed by atoms with van der Waals surface area (Å²) in [6.45, 7) is 5.67. The molecule has 0 radical (unpaired) electrons. The van der Waals surface area contributed by atoms with E-state index in [4.69, 9.17) is 11.6 Å². The first-order chi connectivity index (χ1) is 13.4. The van der Waals surface area contributed by atoms with Gasteiger partial charge >= 0.3 is 0 Å². The van der Waals surface area contributed by atoms with Gasteiger partial charge in [-0.05, 0) is 56.2 Å². The largest absolute Gasteiger partial charge is 0.323 e. The number of halogens is 1. The molecule has 2 aromatic carbocycles. The van der Waals surface area contributed by atoms with Gasteiger partial charge < -0.3 is 10.6 Å². The molecule has 0 spiro atoms. The number of anilines is 3. The van der Waals surface area contributed by atoms with Crippen LogP contribution in [0.25, 0.3) is 0 Å². The number of nitriles is 1. The fourth-order valence-electron chi connectivity index (χ4n) is 2.80. The van der Waals surface area contributed by atoms with E-state index in [-0.39, 0.29) is 11.6 Å². The lowest BCUT2D eigenvalue weighted by atomic mass is 10.1. The number of nitrogens with one attached hydrogen (secondary N) is 2. The van der Waals surface area contributed by atoms with E-state index in [2.05, 4.69) is 26.7 Å². The average Bonchev–Trinajstić information content (AvgIpc) is 2.64. The second kappa shape index (κ2) is 8.07. The lowest BCUT2D eigenvalue weighted by Crippen LogP contribution is -2.16. The number of benzene rings is 2. The normalized spacial score (nSPS) is 10.2. The van der Waals surface area contributed by atoms with Crippen LogP contribution >= 0.6 is 11.6 Å². The van der Waals surface area contributed by atoms with Crippen molar-refractivity contribution in [1.29, 1.82) is 5.26 Å². The molecule has 140 valence electrons. The monoisotopic (exact) mass is 391 g/mol. The zero-order valence-corrected chi connectivity index (χ0v) is 16.4. The second-order valence-corrected chi connectivity index (χ2v) is 6.80. The molecule has 1 aromatic heterocycles. The summed E-state index contributed by atoms with van der Waals surface area (Å²) in [7, 11) is 0. The zero-order chi connectivity index (χ0) is 20.3. The van der Waals surface area contributed by atoms with E-state index in [0.29, 0.717) is 27.7 Å². The molecule has 3 rings (SSSR count). The van der Waals surface area contributed by atoms with Gasteiger partial charge in [-0.3, -0.25) is 4.79 Å². The molecule has 0 fully saturated rings. The van der Waals surface area contributed by atoms with Crippen LogP contribution < -0.4 is 10.6 Å². The average molecular weight is 392 g/mol. The molecular formula is C21H18ClN5O. The van der Waals surface area contributed by atoms with E-state index in [1.807, 2.05) is 26.0 Å². The van der Waals surface area contributed by atoms with Gasteiger partial charge in [0.05, 0.1) is 22.0 Å². The third kappa shape index (κ3) is 4.27. The molecule has 0 unspecified atom stereocenters. The Labute approximate surface area is 168 Å². The predicted octanol–water partition coefficient (Wildman–Crippen LogP) is 4.92. The van der Waals surface area contributed by atoms with Crippen molar-refractivity contribution in [2.75, 3.05) is 10.6 Å². The van der Waals surface area contributed by atoms with Crippen LogP contribution in [0.1, 0.15) is 32.9 Å². The fourth-order valence-corrected chi connectivity index (χ4v) is 3.17. The van der Waals surface area contributed by atoms with Crippen LogP contribution in [0.2, 0.25) is 5.02 Å². The molecule has 3 aromatic rings. The third-order valence-electron chi connectivity index (χ3n) is 4.05. The molecule has 0 aliphatic carbocycles. The van der Waals surface area contributed by atoms with Crippen LogP contribution in [0.3, 0.4) is 0 Å². The molecule has 0 saturated carbocycles. The highest BCUT2D eigenvalue weighted by Gasteiger charge is 2.14. The number of hydrogen-bond donors (Lipinski definition) is 2. The SMILES string of the molecule is Cc1cc(C)c(Nc2nc(C)cc(C(=O)Nc3ccccc3C#N)n2)c(Cl)c1. The number of para-hydroxylation sites is 1. The van der Waals surface area contributed by atoms with E-state index in [1.54, 1.807) is 37.3 Å². The topological polar surface area (TPSA) is 90.7 Å². The molecule has 7 heteroatoms. The number of rotatable bonds is 4. The first kappa shape index (κ1) is 19.3. The molecule has 0 saturated heterocycles. The predicted molar refractivity (Wildman–Crippen MR) is 110 cm³/mol. The number of carbonyl (C=O) groups excluding carboxylic acids is 1. The number of amides is 1. The Morgan fingerprint density at radius 3 is 2.57 bits per heavy atom. The van der Waals surface area contributed by atoms with Crippen molar-refractivity contribution in [3.63, 3.8) is 0 Å². The summed E-state index contributed by atoms with van der Waals surface area (Å²) in [6, 6.07) is 14.3. The molecule has 28 heavy (non-hydrogen) atoms. The minimum absolute atomic E-state index is 0.184. The van der Waals surface area contributed by atoms with Gasteiger partial charge in [0.25, 0.3) is 5.91 Å². The van der Waals surface area contributed by atoms with E-state index < -0.39 is 5.91 Å². The Morgan fingerprint density at radius 1 is 1.11 bits per heavy atom. The maximum atomic E-state index is 12.7. The Hall–Kier alpha value is -3.43. The minimum atomic E-state index is -0.428. The van der Waals surface area contributed by atoms with Crippen molar-refractivity contribution >= 4 is 34.8 Å². The highest BCUT2D eigenvalue weighted by Crippen LogP contribution is 2.29. The zero-order valence-electron chi connectivity index (χ0n) is 15.7. The van der Waals surface area contributed by atoms with Gasteiger partial charge in [-0.1, -0.05) is 29.8 Å². The quantitative estimate of drug-likeness (QED) is 0.658. The smallest absolute Gasteiger partial charge is 0.274 e. The van der Waals surface area contributed by atoms with Crippen LogP contribution in [0.4, 0.5) is 17.3 Å². The van der Waals surface area contributed by atoms with Crippen molar-refractivity contribution < 1.29 is 4.79 Å². The summed E-state index contributed by atoms with van der Waals surface area (Å²) in [5.74, 6) is -0.157. The Bertz CT molecular complexity index is 1080. The van der Waals surface area contributed by atoms with E-state index >= 15 is 0 Å². The second-order valence-electron chi connectivity index (χ2n) is 6.39. The van der Waals surface area contributed by atoms with Crippen LogP contribution in [0, 0.1) is 32.1 Å². The lowest BCUT2D eigenvalue weighted by Gasteiger charge is -2.13. The third-order valence-corrected chi connectivity index (χ3v) is 4.35. The number of aryl methyl sites for hydroxylation is 3. The Morgan fingerprint density at radius 2 is 1.86 bits per heavy atom. The highest BCUT2D eigenvalue weighted by atomic mass is 35.5. The van der Waals surface area contributed by atoms with Crippen molar-refractivity contribution in [2.24, 2.45) is 0 Å². The summed E-state index contributed by atoms with van der Waals surface area (Å²) < 4.78 is 0. The van der Waals surface area contributed by atoms with E-state index in [0.717, 1.165) is 11.1 Å². The maximum absolute atomic E-state index is 12.7. The molecular weight excluding hydrogens is 374 g/mol. The molecule has 6 nitrogen and oxygen atoms in total. The number of aromatic nitrogens is 2. The van der Waals surface area contributed by atoms with Crippen LogP contribution in [-0.4, -0.2) is 15.9 Å². The number of carbonyl (C=O) groups is 1. The summed E-state index contributed by atoms with van der Waals surface area (Å²) >= 11 is 6.34. The van der Waals surface area contributed by atoms with Gasteiger partial charge in [0.2, 0.25) is 5.95 Å². The Balaban J connectivity index is 1.90. The van der Waals surface area contributed by atoms with Gasteiger partial charge in [-0.15, -0.1) is 0 Å². The summed E-state index contributed by atoms with van der Waals surface area (Å²) in [5.41, 5.74) is 4.30. The summed E-state index contributed by atoms with van der Waals surface area (Å²) in [6.07, 6.45) is 0. The first-order valence-electron chi connectivity index (χ1n) is 8.57. The van der Waals surface area contributed by atoms with Gasteiger partial charge in [0.1, 0.15) is 11.8 Å². The van der Waals surface area contributed by atoms with E-state index in [1.165, 1.54) is 0 Å². The van der Waals surface area contributed by atoms with Gasteiger partial charge in [0, 0.05) is 5.69 Å². The molecule has 1 heterocycles. The first-order valence-corrected chi connectivity index (χ1v) is 8.95. The van der Waals surface area contributed by atoms with Crippen molar-refractivity contribution in [3.8, 4) is 6.07 Å².